The van der Waals surface area contributed by atoms with Gasteiger partial charge in [-0.3, -0.25) is 4.79 Å². The number of benzene rings is 1. The molecule has 0 amide bonds. The molecular formula is C13H17NO5S. The van der Waals surface area contributed by atoms with E-state index in [1.807, 2.05) is 0 Å². The number of sulfonamides is 1. The molecule has 0 unspecified atom stereocenters. The van der Waals surface area contributed by atoms with E-state index in [1.54, 1.807) is 0 Å². The van der Waals surface area contributed by atoms with Crippen LogP contribution >= 0.6 is 0 Å². The quantitative estimate of drug-likeness (QED) is 0.762. The van der Waals surface area contributed by atoms with E-state index in [0.717, 1.165) is 12.8 Å². The first kappa shape index (κ1) is 15.0. The average Bonchev–Trinajstić information content (AvgIpc) is 3.20. The molecule has 110 valence electrons. The molecule has 0 aliphatic heterocycles. The normalized spacial score (nSPS) is 15.5. The van der Waals surface area contributed by atoms with E-state index in [4.69, 9.17) is 10.2 Å². The highest BCUT2D eigenvalue weighted by Gasteiger charge is 2.37. The van der Waals surface area contributed by atoms with Gasteiger partial charge in [0.25, 0.3) is 0 Å². The second kappa shape index (κ2) is 5.90. The van der Waals surface area contributed by atoms with Crippen LogP contribution in [0, 0.1) is 0 Å². The van der Waals surface area contributed by atoms with Gasteiger partial charge in [-0.2, -0.15) is 4.31 Å². The highest BCUT2D eigenvalue weighted by molar-refractivity contribution is 7.89. The Labute approximate surface area is 117 Å². The lowest BCUT2D eigenvalue weighted by molar-refractivity contribution is -0.136. The van der Waals surface area contributed by atoms with Gasteiger partial charge in [-0.25, -0.2) is 8.42 Å². The minimum atomic E-state index is -3.62. The lowest BCUT2D eigenvalue weighted by Crippen LogP contribution is -2.35. The summed E-state index contributed by atoms with van der Waals surface area (Å²) in [7, 11) is -3.62. The fraction of sp³-hybridized carbons (Fsp3) is 0.462. The number of rotatable bonds is 7. The van der Waals surface area contributed by atoms with Gasteiger partial charge in [0.1, 0.15) is 0 Å². The van der Waals surface area contributed by atoms with E-state index in [0.29, 0.717) is 5.56 Å². The fourth-order valence-corrected chi connectivity index (χ4v) is 3.73. The third kappa shape index (κ3) is 3.36. The molecule has 0 spiro atoms. The smallest absolute Gasteiger partial charge is 0.307 e. The molecule has 0 heterocycles. The van der Waals surface area contributed by atoms with Crippen molar-refractivity contribution in [2.75, 3.05) is 13.2 Å². The lowest BCUT2D eigenvalue weighted by atomic mass is 10.2. The molecule has 0 radical (unpaired) electrons. The Kier molecular flexibility index (Phi) is 4.42. The maximum atomic E-state index is 12.4. The van der Waals surface area contributed by atoms with Crippen LogP contribution in [0.5, 0.6) is 0 Å². The van der Waals surface area contributed by atoms with Crippen molar-refractivity contribution in [1.29, 1.82) is 0 Å². The average molecular weight is 299 g/mol. The first-order valence-electron chi connectivity index (χ1n) is 6.38. The van der Waals surface area contributed by atoms with E-state index in [1.165, 1.54) is 28.6 Å². The number of nitrogens with zero attached hydrogens (tertiary/aromatic N) is 1. The van der Waals surface area contributed by atoms with Crippen LogP contribution in [-0.4, -0.2) is 48.1 Å². The molecule has 1 aliphatic carbocycles. The first-order chi connectivity index (χ1) is 9.45. The predicted molar refractivity (Wildman–Crippen MR) is 71.8 cm³/mol. The van der Waals surface area contributed by atoms with Crippen LogP contribution in [0.15, 0.2) is 29.2 Å². The lowest BCUT2D eigenvalue weighted by Gasteiger charge is -2.20. The largest absolute Gasteiger partial charge is 0.481 e. The standard InChI is InChI=1S/C13H17NO5S/c15-8-7-14(11-3-4-11)20(18,19)12-5-1-10(2-6-12)9-13(16)17/h1-2,5-6,11,15H,3-4,7-9H2,(H,16,17). The van der Waals surface area contributed by atoms with Gasteiger partial charge >= 0.3 is 5.97 Å². The fourth-order valence-electron chi connectivity index (χ4n) is 2.05. The number of carboxylic acids is 1. The maximum absolute atomic E-state index is 12.4. The van der Waals surface area contributed by atoms with Crippen molar-refractivity contribution in [1.82, 2.24) is 4.31 Å². The van der Waals surface area contributed by atoms with E-state index in [2.05, 4.69) is 0 Å². The van der Waals surface area contributed by atoms with Gasteiger partial charge in [0.05, 0.1) is 17.9 Å². The molecular weight excluding hydrogens is 282 g/mol. The van der Waals surface area contributed by atoms with Crippen LogP contribution in [0.4, 0.5) is 0 Å². The number of hydrogen-bond acceptors (Lipinski definition) is 4. The van der Waals surface area contributed by atoms with E-state index in [-0.39, 0.29) is 30.5 Å². The van der Waals surface area contributed by atoms with Crippen LogP contribution in [0.3, 0.4) is 0 Å². The first-order valence-corrected chi connectivity index (χ1v) is 7.82. The summed E-state index contributed by atoms with van der Waals surface area (Å²) in [4.78, 5) is 10.7. The monoisotopic (exact) mass is 299 g/mol. The summed E-state index contributed by atoms with van der Waals surface area (Å²) < 4.78 is 26.2. The van der Waals surface area contributed by atoms with Gasteiger partial charge in [0.15, 0.2) is 0 Å². The summed E-state index contributed by atoms with van der Waals surface area (Å²) in [6, 6.07) is 5.82. The van der Waals surface area contributed by atoms with Crippen molar-refractivity contribution >= 4 is 16.0 Å². The summed E-state index contributed by atoms with van der Waals surface area (Å²) in [6.45, 7) is -0.128. The SMILES string of the molecule is O=C(O)Cc1ccc(S(=O)(=O)N(CCO)C2CC2)cc1. The zero-order chi connectivity index (χ0) is 14.8. The molecule has 7 heteroatoms. The summed E-state index contributed by atoms with van der Waals surface area (Å²) in [5.41, 5.74) is 0.552. The summed E-state index contributed by atoms with van der Waals surface area (Å²) >= 11 is 0. The van der Waals surface area contributed by atoms with Gasteiger partial charge in [-0.05, 0) is 30.5 Å². The van der Waals surface area contributed by atoms with Crippen LogP contribution in [0.2, 0.25) is 0 Å². The topological polar surface area (TPSA) is 94.9 Å². The Morgan fingerprint density at radius 1 is 1.25 bits per heavy atom. The third-order valence-electron chi connectivity index (χ3n) is 3.16. The molecule has 1 aliphatic rings. The van der Waals surface area contributed by atoms with Gasteiger partial charge in [0, 0.05) is 12.6 Å². The van der Waals surface area contributed by atoms with Gasteiger partial charge in [0.2, 0.25) is 10.0 Å². The number of carboxylic acid groups (broad SMARTS) is 1. The molecule has 1 saturated carbocycles. The van der Waals surface area contributed by atoms with Crippen molar-refractivity contribution < 1.29 is 23.4 Å². The van der Waals surface area contributed by atoms with Crippen molar-refractivity contribution in [3.05, 3.63) is 29.8 Å². The molecule has 0 saturated heterocycles. The van der Waals surface area contributed by atoms with Crippen molar-refractivity contribution in [3.63, 3.8) is 0 Å². The number of hydrogen-bond donors (Lipinski definition) is 2. The van der Waals surface area contributed by atoms with Gasteiger partial charge in [-0.1, -0.05) is 12.1 Å². The summed E-state index contributed by atoms with van der Waals surface area (Å²) in [6.07, 6.45) is 1.50. The third-order valence-corrected chi connectivity index (χ3v) is 5.13. The molecule has 0 atom stereocenters. The molecule has 0 bridgehead atoms. The number of carbonyl (C=O) groups is 1. The van der Waals surface area contributed by atoms with Crippen LogP contribution in [0.1, 0.15) is 18.4 Å². The Bertz CT molecular complexity index is 577. The number of aliphatic hydroxyl groups is 1. The molecule has 6 nitrogen and oxygen atoms in total. The Hall–Kier alpha value is -1.44. The molecule has 20 heavy (non-hydrogen) atoms. The molecule has 1 aromatic rings. The zero-order valence-electron chi connectivity index (χ0n) is 10.9. The van der Waals surface area contributed by atoms with E-state index >= 15 is 0 Å². The number of aliphatic hydroxyl groups excluding tert-OH is 1. The second-order valence-corrected chi connectivity index (χ2v) is 6.68. The summed E-state index contributed by atoms with van der Waals surface area (Å²) in [5, 5.41) is 17.7. The van der Waals surface area contributed by atoms with Crippen LogP contribution < -0.4 is 0 Å². The molecule has 0 aromatic heterocycles. The molecule has 2 N–H and O–H groups in total. The van der Waals surface area contributed by atoms with Crippen molar-refractivity contribution in [2.45, 2.75) is 30.2 Å². The number of aliphatic carboxylic acids is 1. The van der Waals surface area contributed by atoms with Gasteiger partial charge < -0.3 is 10.2 Å². The summed E-state index contributed by atoms with van der Waals surface area (Å²) in [5.74, 6) is -0.958. The minimum absolute atomic E-state index is 0.0224. The highest BCUT2D eigenvalue weighted by Crippen LogP contribution is 2.31. The van der Waals surface area contributed by atoms with E-state index in [9.17, 15) is 13.2 Å². The zero-order valence-corrected chi connectivity index (χ0v) is 11.7. The highest BCUT2D eigenvalue weighted by atomic mass is 32.2. The van der Waals surface area contributed by atoms with Crippen molar-refractivity contribution in [3.8, 4) is 0 Å². The second-order valence-electron chi connectivity index (χ2n) is 4.79. The Morgan fingerprint density at radius 3 is 2.30 bits per heavy atom. The maximum Gasteiger partial charge on any atom is 0.307 e. The van der Waals surface area contributed by atoms with Crippen molar-refractivity contribution in [2.24, 2.45) is 0 Å². The molecule has 1 fully saturated rings. The molecule has 2 rings (SSSR count). The minimum Gasteiger partial charge on any atom is -0.481 e. The van der Waals surface area contributed by atoms with Gasteiger partial charge in [-0.15, -0.1) is 0 Å². The van der Waals surface area contributed by atoms with Crippen LogP contribution in [0.25, 0.3) is 0 Å². The predicted octanol–water partition coefficient (Wildman–Crippen LogP) is 0.459. The Morgan fingerprint density at radius 2 is 1.85 bits per heavy atom. The van der Waals surface area contributed by atoms with Crippen LogP contribution in [-0.2, 0) is 21.2 Å². The molecule has 1 aromatic carbocycles. The Balaban J connectivity index is 2.22. The van der Waals surface area contributed by atoms with E-state index < -0.39 is 16.0 Å².